The van der Waals surface area contributed by atoms with Crippen molar-refractivity contribution >= 4 is 17.8 Å². The predicted octanol–water partition coefficient (Wildman–Crippen LogP) is -0.0810. The van der Waals surface area contributed by atoms with Crippen LogP contribution in [0, 0.1) is 0 Å². The Morgan fingerprint density at radius 1 is 1.40 bits per heavy atom. The Labute approximate surface area is 87.6 Å². The van der Waals surface area contributed by atoms with Crippen LogP contribution in [0.2, 0.25) is 0 Å². The first-order chi connectivity index (χ1) is 7.01. The van der Waals surface area contributed by atoms with Gasteiger partial charge in [0.15, 0.2) is 0 Å². The van der Waals surface area contributed by atoms with Gasteiger partial charge in [-0.05, 0) is 6.42 Å². The summed E-state index contributed by atoms with van der Waals surface area (Å²) in [5.74, 6) is -1.96. The molecule has 0 heterocycles. The quantitative estimate of drug-likeness (QED) is 0.607. The summed E-state index contributed by atoms with van der Waals surface area (Å²) in [6.45, 7) is 1.64. The van der Waals surface area contributed by atoms with Crippen molar-refractivity contribution in [1.82, 2.24) is 5.32 Å². The maximum absolute atomic E-state index is 11.1. The van der Waals surface area contributed by atoms with Gasteiger partial charge < -0.3 is 15.2 Å². The van der Waals surface area contributed by atoms with E-state index in [1.165, 1.54) is 7.11 Å². The van der Waals surface area contributed by atoms with Crippen LogP contribution in [-0.4, -0.2) is 36.1 Å². The van der Waals surface area contributed by atoms with Crippen molar-refractivity contribution in [3.05, 3.63) is 0 Å². The lowest BCUT2D eigenvalue weighted by Crippen LogP contribution is -2.41. The van der Waals surface area contributed by atoms with Crippen molar-refractivity contribution in [2.75, 3.05) is 7.11 Å². The number of hydrogen-bond acceptors (Lipinski definition) is 4. The molecule has 0 rings (SSSR count). The summed E-state index contributed by atoms with van der Waals surface area (Å²) in [4.78, 5) is 32.5. The smallest absolute Gasteiger partial charge is 0.328 e. The second-order valence-corrected chi connectivity index (χ2v) is 2.93. The molecule has 15 heavy (non-hydrogen) atoms. The number of carboxylic acids is 1. The molecule has 0 aliphatic carbocycles. The molecule has 0 aromatic heterocycles. The number of hydrogen-bond donors (Lipinski definition) is 2. The van der Waals surface area contributed by atoms with Crippen LogP contribution >= 0.6 is 0 Å². The number of ether oxygens (including phenoxy) is 1. The minimum absolute atomic E-state index is 0.0355. The number of esters is 1. The summed E-state index contributed by atoms with van der Waals surface area (Å²) in [6.07, 6.45) is 0.0814. The Kier molecular flexibility index (Phi) is 6.08. The number of aliphatic carboxylic acids is 1. The number of amides is 1. The van der Waals surface area contributed by atoms with Crippen molar-refractivity contribution in [2.24, 2.45) is 0 Å². The SMILES string of the molecule is CCC(=O)N[C@@H](CCC(=O)O)C(=O)OC. The minimum Gasteiger partial charge on any atom is -0.481 e. The zero-order valence-corrected chi connectivity index (χ0v) is 8.78. The normalized spacial score (nSPS) is 11.6. The largest absolute Gasteiger partial charge is 0.481 e. The molecule has 2 N–H and O–H groups in total. The number of carbonyl (C=O) groups excluding carboxylic acids is 2. The fraction of sp³-hybridized carbons (Fsp3) is 0.667. The van der Waals surface area contributed by atoms with Crippen molar-refractivity contribution in [1.29, 1.82) is 0 Å². The van der Waals surface area contributed by atoms with E-state index in [4.69, 9.17) is 5.11 Å². The zero-order valence-electron chi connectivity index (χ0n) is 8.78. The van der Waals surface area contributed by atoms with Crippen LogP contribution < -0.4 is 5.32 Å². The van der Waals surface area contributed by atoms with Crippen molar-refractivity contribution in [3.63, 3.8) is 0 Å². The first-order valence-electron chi connectivity index (χ1n) is 4.60. The lowest BCUT2D eigenvalue weighted by Gasteiger charge is -2.14. The molecule has 0 saturated heterocycles. The predicted molar refractivity (Wildman–Crippen MR) is 51.1 cm³/mol. The highest BCUT2D eigenvalue weighted by molar-refractivity contribution is 5.84. The third kappa shape index (κ3) is 5.66. The Morgan fingerprint density at radius 3 is 2.40 bits per heavy atom. The number of carboxylic acid groups (broad SMARTS) is 1. The average Bonchev–Trinajstić information content (AvgIpc) is 2.22. The van der Waals surface area contributed by atoms with E-state index in [9.17, 15) is 14.4 Å². The Hall–Kier alpha value is -1.59. The number of nitrogens with one attached hydrogen (secondary N) is 1. The first kappa shape index (κ1) is 13.4. The molecule has 6 nitrogen and oxygen atoms in total. The molecule has 1 amide bonds. The molecule has 0 saturated carbocycles. The van der Waals surface area contributed by atoms with Crippen LogP contribution in [0.1, 0.15) is 26.2 Å². The van der Waals surface area contributed by atoms with Gasteiger partial charge in [0, 0.05) is 12.8 Å². The van der Waals surface area contributed by atoms with Gasteiger partial charge in [0.1, 0.15) is 6.04 Å². The molecule has 0 radical (unpaired) electrons. The maximum Gasteiger partial charge on any atom is 0.328 e. The van der Waals surface area contributed by atoms with Gasteiger partial charge >= 0.3 is 11.9 Å². The van der Waals surface area contributed by atoms with Gasteiger partial charge in [-0.2, -0.15) is 0 Å². The van der Waals surface area contributed by atoms with E-state index in [0.717, 1.165) is 0 Å². The van der Waals surface area contributed by atoms with Gasteiger partial charge in [-0.3, -0.25) is 9.59 Å². The van der Waals surface area contributed by atoms with E-state index in [0.29, 0.717) is 0 Å². The van der Waals surface area contributed by atoms with Gasteiger partial charge in [0.2, 0.25) is 5.91 Å². The molecule has 0 aliphatic rings. The lowest BCUT2D eigenvalue weighted by molar-refractivity contribution is -0.145. The fourth-order valence-electron chi connectivity index (χ4n) is 0.955. The van der Waals surface area contributed by atoms with E-state index >= 15 is 0 Å². The van der Waals surface area contributed by atoms with E-state index in [1.54, 1.807) is 6.92 Å². The molecule has 0 aliphatic heterocycles. The zero-order chi connectivity index (χ0) is 11.8. The minimum atomic E-state index is -1.02. The average molecular weight is 217 g/mol. The summed E-state index contributed by atoms with van der Waals surface area (Å²) < 4.78 is 4.44. The van der Waals surface area contributed by atoms with Gasteiger partial charge in [-0.1, -0.05) is 6.92 Å². The van der Waals surface area contributed by atoms with Crippen molar-refractivity contribution < 1.29 is 24.2 Å². The standard InChI is InChI=1S/C9H15NO5/c1-3-7(11)10-6(9(14)15-2)4-5-8(12)13/h6H,3-5H2,1-2H3,(H,10,11)(H,12,13)/t6-/m0/s1. The molecule has 1 atom stereocenters. The van der Waals surface area contributed by atoms with E-state index in [2.05, 4.69) is 10.1 Å². The van der Waals surface area contributed by atoms with Gasteiger partial charge in [0.25, 0.3) is 0 Å². The Balaban J connectivity index is 4.24. The van der Waals surface area contributed by atoms with Crippen LogP contribution in [0.4, 0.5) is 0 Å². The number of carbonyl (C=O) groups is 3. The molecule has 0 bridgehead atoms. The molecule has 6 heteroatoms. The monoisotopic (exact) mass is 217 g/mol. The van der Waals surface area contributed by atoms with Crippen LogP contribution in [0.15, 0.2) is 0 Å². The van der Waals surface area contributed by atoms with Gasteiger partial charge in [-0.15, -0.1) is 0 Å². The summed E-state index contributed by atoms with van der Waals surface area (Å²) in [5, 5.41) is 10.8. The van der Waals surface area contributed by atoms with Crippen molar-refractivity contribution in [2.45, 2.75) is 32.2 Å². The van der Waals surface area contributed by atoms with E-state index < -0.39 is 18.0 Å². The van der Waals surface area contributed by atoms with Crippen LogP contribution in [0.25, 0.3) is 0 Å². The molecule has 0 fully saturated rings. The van der Waals surface area contributed by atoms with E-state index in [-0.39, 0.29) is 25.2 Å². The third-order valence-corrected chi connectivity index (χ3v) is 1.79. The van der Waals surface area contributed by atoms with Crippen LogP contribution in [-0.2, 0) is 19.1 Å². The summed E-state index contributed by atoms with van der Waals surface area (Å²) >= 11 is 0. The summed E-state index contributed by atoms with van der Waals surface area (Å²) in [5.41, 5.74) is 0. The fourth-order valence-corrected chi connectivity index (χ4v) is 0.955. The number of rotatable bonds is 6. The van der Waals surface area contributed by atoms with Crippen LogP contribution in [0.3, 0.4) is 0 Å². The molecule has 0 unspecified atom stereocenters. The van der Waals surface area contributed by atoms with Crippen LogP contribution in [0.5, 0.6) is 0 Å². The molecule has 0 aromatic carbocycles. The molecule has 0 aromatic rings. The number of methoxy groups -OCH3 is 1. The lowest BCUT2D eigenvalue weighted by atomic mass is 10.1. The molecular formula is C9H15NO5. The highest BCUT2D eigenvalue weighted by atomic mass is 16.5. The van der Waals surface area contributed by atoms with Gasteiger partial charge in [-0.25, -0.2) is 4.79 Å². The molecular weight excluding hydrogens is 202 g/mol. The molecule has 86 valence electrons. The summed E-state index contributed by atoms with van der Waals surface area (Å²) in [6, 6.07) is -0.876. The highest BCUT2D eigenvalue weighted by Gasteiger charge is 2.21. The Morgan fingerprint density at radius 2 is 2.00 bits per heavy atom. The second-order valence-electron chi connectivity index (χ2n) is 2.93. The first-order valence-corrected chi connectivity index (χ1v) is 4.60. The Bertz CT molecular complexity index is 251. The van der Waals surface area contributed by atoms with E-state index in [1.807, 2.05) is 0 Å². The third-order valence-electron chi connectivity index (χ3n) is 1.79. The maximum atomic E-state index is 11.1. The van der Waals surface area contributed by atoms with Gasteiger partial charge in [0.05, 0.1) is 7.11 Å². The van der Waals surface area contributed by atoms with Crippen molar-refractivity contribution in [3.8, 4) is 0 Å². The summed E-state index contributed by atoms with van der Waals surface area (Å²) in [7, 11) is 1.19. The highest BCUT2D eigenvalue weighted by Crippen LogP contribution is 2.00. The topological polar surface area (TPSA) is 92.7 Å². The molecule has 0 spiro atoms. The second kappa shape index (κ2) is 6.80.